The maximum absolute atomic E-state index is 12.1. The van der Waals surface area contributed by atoms with Crippen LogP contribution in [-0.2, 0) is 22.7 Å². The van der Waals surface area contributed by atoms with Crippen LogP contribution in [0.1, 0.15) is 44.6 Å². The monoisotopic (exact) mass is 342 g/mol. The highest BCUT2D eigenvalue weighted by molar-refractivity contribution is 5.90. The topological polar surface area (TPSA) is 69.0 Å². The van der Waals surface area contributed by atoms with Crippen molar-refractivity contribution in [3.63, 3.8) is 0 Å². The van der Waals surface area contributed by atoms with Crippen molar-refractivity contribution in [1.29, 1.82) is 0 Å². The standard InChI is InChI=1S/C19H26N4O2/c1-15-4-2-7-18(12-15)25-14-16-5-3-6-17(13-16)21-19(24)8-10-23-11-9-20-22-23/h3,5-6,9,11,13,15,18H,2,4,7-8,10,12,14H2,1H3,(H,21,24)/t15-,18-/m0/s1. The smallest absolute Gasteiger partial charge is 0.226 e. The maximum Gasteiger partial charge on any atom is 0.226 e. The average molecular weight is 342 g/mol. The number of aromatic nitrogens is 3. The zero-order valence-electron chi connectivity index (χ0n) is 14.7. The molecule has 2 aromatic rings. The van der Waals surface area contributed by atoms with E-state index < -0.39 is 0 Å². The van der Waals surface area contributed by atoms with E-state index in [9.17, 15) is 4.79 Å². The van der Waals surface area contributed by atoms with E-state index in [-0.39, 0.29) is 5.91 Å². The first-order chi connectivity index (χ1) is 12.2. The minimum Gasteiger partial charge on any atom is -0.374 e. The molecule has 1 saturated carbocycles. The lowest BCUT2D eigenvalue weighted by molar-refractivity contribution is -0.116. The number of hydrogen-bond acceptors (Lipinski definition) is 4. The van der Waals surface area contributed by atoms with Crippen molar-refractivity contribution < 1.29 is 9.53 Å². The van der Waals surface area contributed by atoms with E-state index in [1.807, 2.05) is 24.3 Å². The summed E-state index contributed by atoms with van der Waals surface area (Å²) in [6, 6.07) is 7.88. The molecule has 0 bridgehead atoms. The Balaban J connectivity index is 1.46. The molecule has 134 valence electrons. The number of rotatable bonds is 7. The normalized spacial score (nSPS) is 20.4. The average Bonchev–Trinajstić information content (AvgIpc) is 3.12. The highest BCUT2D eigenvalue weighted by Crippen LogP contribution is 2.26. The molecule has 1 aromatic carbocycles. The Morgan fingerprint density at radius 2 is 2.32 bits per heavy atom. The van der Waals surface area contributed by atoms with Gasteiger partial charge in [-0.3, -0.25) is 9.48 Å². The van der Waals surface area contributed by atoms with Crippen LogP contribution in [0, 0.1) is 5.92 Å². The summed E-state index contributed by atoms with van der Waals surface area (Å²) in [5.74, 6) is 0.726. The minimum absolute atomic E-state index is 0.0327. The van der Waals surface area contributed by atoms with Crippen molar-refractivity contribution in [3.8, 4) is 0 Å². The van der Waals surface area contributed by atoms with E-state index >= 15 is 0 Å². The molecule has 0 aliphatic heterocycles. The second kappa shape index (κ2) is 8.76. The Morgan fingerprint density at radius 1 is 1.40 bits per heavy atom. The quantitative estimate of drug-likeness (QED) is 0.837. The van der Waals surface area contributed by atoms with E-state index in [1.165, 1.54) is 12.8 Å². The van der Waals surface area contributed by atoms with Crippen LogP contribution < -0.4 is 5.32 Å². The molecular formula is C19H26N4O2. The first-order valence-electron chi connectivity index (χ1n) is 9.03. The molecule has 1 aliphatic rings. The van der Waals surface area contributed by atoms with Gasteiger partial charge in [-0.25, -0.2) is 0 Å². The molecule has 1 heterocycles. The Labute approximate surface area is 148 Å². The molecule has 0 spiro atoms. The molecule has 6 nitrogen and oxygen atoms in total. The predicted octanol–water partition coefficient (Wildman–Crippen LogP) is 3.40. The van der Waals surface area contributed by atoms with E-state index in [1.54, 1.807) is 17.1 Å². The van der Waals surface area contributed by atoms with Crippen LogP contribution in [0.15, 0.2) is 36.7 Å². The Hall–Kier alpha value is -2.21. The number of ether oxygens (including phenoxy) is 1. The number of hydrogen-bond donors (Lipinski definition) is 1. The van der Waals surface area contributed by atoms with Crippen LogP contribution in [0.4, 0.5) is 5.69 Å². The molecule has 1 amide bonds. The van der Waals surface area contributed by atoms with Crippen molar-refractivity contribution >= 4 is 11.6 Å². The van der Waals surface area contributed by atoms with E-state index in [4.69, 9.17) is 4.74 Å². The van der Waals surface area contributed by atoms with Gasteiger partial charge in [0.2, 0.25) is 5.91 Å². The lowest BCUT2D eigenvalue weighted by atomic mass is 9.89. The first kappa shape index (κ1) is 17.6. The second-order valence-corrected chi connectivity index (χ2v) is 6.87. The van der Waals surface area contributed by atoms with Gasteiger partial charge in [0.15, 0.2) is 0 Å². The van der Waals surface area contributed by atoms with E-state index in [2.05, 4.69) is 22.6 Å². The van der Waals surface area contributed by atoms with E-state index in [0.29, 0.717) is 25.7 Å². The number of carbonyl (C=O) groups is 1. The van der Waals surface area contributed by atoms with Gasteiger partial charge >= 0.3 is 0 Å². The Morgan fingerprint density at radius 3 is 3.12 bits per heavy atom. The third-order valence-corrected chi connectivity index (χ3v) is 4.62. The van der Waals surface area contributed by atoms with Gasteiger partial charge in [0.1, 0.15) is 0 Å². The molecule has 1 N–H and O–H groups in total. The van der Waals surface area contributed by atoms with Gasteiger partial charge in [0.25, 0.3) is 0 Å². The third kappa shape index (κ3) is 5.67. The summed E-state index contributed by atoms with van der Waals surface area (Å²) in [7, 11) is 0. The fraction of sp³-hybridized carbons (Fsp3) is 0.526. The first-order valence-corrected chi connectivity index (χ1v) is 9.03. The number of amides is 1. The third-order valence-electron chi connectivity index (χ3n) is 4.62. The van der Waals surface area contributed by atoms with Crippen molar-refractivity contribution in [1.82, 2.24) is 15.0 Å². The number of benzene rings is 1. The van der Waals surface area contributed by atoms with Crippen LogP contribution in [0.25, 0.3) is 0 Å². The second-order valence-electron chi connectivity index (χ2n) is 6.87. The van der Waals surface area contributed by atoms with Gasteiger partial charge in [0.05, 0.1) is 25.5 Å². The van der Waals surface area contributed by atoms with Crippen LogP contribution in [0.2, 0.25) is 0 Å². The molecular weight excluding hydrogens is 316 g/mol. The zero-order chi connectivity index (χ0) is 17.5. The van der Waals surface area contributed by atoms with Gasteiger partial charge in [-0.2, -0.15) is 0 Å². The highest BCUT2D eigenvalue weighted by atomic mass is 16.5. The lowest BCUT2D eigenvalue weighted by Gasteiger charge is -2.26. The molecule has 3 rings (SSSR count). The maximum atomic E-state index is 12.1. The summed E-state index contributed by atoms with van der Waals surface area (Å²) >= 11 is 0. The highest BCUT2D eigenvalue weighted by Gasteiger charge is 2.19. The van der Waals surface area contributed by atoms with Gasteiger partial charge in [0, 0.05) is 18.3 Å². The predicted molar refractivity (Wildman–Crippen MR) is 95.9 cm³/mol. The molecule has 2 atom stereocenters. The minimum atomic E-state index is -0.0327. The van der Waals surface area contributed by atoms with Crippen molar-refractivity contribution in [2.75, 3.05) is 5.32 Å². The van der Waals surface area contributed by atoms with Crippen LogP contribution in [-0.4, -0.2) is 27.0 Å². The number of carbonyl (C=O) groups excluding carboxylic acids is 1. The van der Waals surface area contributed by atoms with Crippen molar-refractivity contribution in [2.45, 2.75) is 58.3 Å². The van der Waals surface area contributed by atoms with Crippen molar-refractivity contribution in [3.05, 3.63) is 42.2 Å². The summed E-state index contributed by atoms with van der Waals surface area (Å²) in [6.45, 7) is 3.42. The van der Waals surface area contributed by atoms with Crippen LogP contribution in [0.3, 0.4) is 0 Å². The van der Waals surface area contributed by atoms with Gasteiger partial charge < -0.3 is 10.1 Å². The molecule has 1 aliphatic carbocycles. The van der Waals surface area contributed by atoms with Crippen LogP contribution in [0.5, 0.6) is 0 Å². The zero-order valence-corrected chi connectivity index (χ0v) is 14.7. The summed E-state index contributed by atoms with van der Waals surface area (Å²) in [6.07, 6.45) is 8.96. The molecule has 25 heavy (non-hydrogen) atoms. The molecule has 0 unspecified atom stereocenters. The number of aryl methyl sites for hydroxylation is 1. The van der Waals surface area contributed by atoms with Gasteiger partial charge in [-0.15, -0.1) is 5.10 Å². The summed E-state index contributed by atoms with van der Waals surface area (Å²) in [5.41, 5.74) is 1.90. The Kier molecular flexibility index (Phi) is 6.17. The molecule has 0 saturated heterocycles. The molecule has 1 aromatic heterocycles. The number of nitrogens with zero attached hydrogens (tertiary/aromatic N) is 3. The summed E-state index contributed by atoms with van der Waals surface area (Å²) < 4.78 is 7.71. The summed E-state index contributed by atoms with van der Waals surface area (Å²) in [5, 5.41) is 10.5. The lowest BCUT2D eigenvalue weighted by Crippen LogP contribution is -2.21. The molecule has 1 fully saturated rings. The van der Waals surface area contributed by atoms with Crippen LogP contribution >= 0.6 is 0 Å². The van der Waals surface area contributed by atoms with Crippen molar-refractivity contribution in [2.24, 2.45) is 5.92 Å². The Bertz CT molecular complexity index is 672. The largest absolute Gasteiger partial charge is 0.374 e. The SMILES string of the molecule is C[C@H]1CCC[C@H](OCc2cccc(NC(=O)CCn3ccnn3)c2)C1. The fourth-order valence-electron chi connectivity index (χ4n) is 3.27. The number of nitrogens with one attached hydrogen (secondary N) is 1. The fourth-order valence-corrected chi connectivity index (χ4v) is 3.27. The van der Waals surface area contributed by atoms with Gasteiger partial charge in [-0.1, -0.05) is 37.1 Å². The molecule has 6 heteroatoms. The number of anilines is 1. The summed E-state index contributed by atoms with van der Waals surface area (Å²) in [4.78, 5) is 12.1. The molecule has 0 radical (unpaired) electrons. The van der Waals surface area contributed by atoms with E-state index in [0.717, 1.165) is 30.0 Å². The van der Waals surface area contributed by atoms with Gasteiger partial charge in [-0.05, 0) is 36.5 Å².